The molecule has 0 aliphatic rings. The SMILES string of the molecule is CN(CC(=O)OCc1ccccc1Cl)S(=O)(=O)c1ccc(Cl)cc1. The molecule has 2 aromatic rings. The van der Waals surface area contributed by atoms with Crippen LogP contribution in [0, 0.1) is 0 Å². The Labute approximate surface area is 150 Å². The largest absolute Gasteiger partial charge is 0.460 e. The lowest BCUT2D eigenvalue weighted by molar-refractivity contribution is -0.144. The monoisotopic (exact) mass is 387 g/mol. The number of carbonyl (C=O) groups excluding carboxylic acids is 1. The molecule has 0 bridgehead atoms. The predicted molar refractivity (Wildman–Crippen MR) is 92.5 cm³/mol. The summed E-state index contributed by atoms with van der Waals surface area (Å²) in [6.45, 7) is -0.428. The second-order valence-corrected chi connectivity index (χ2v) is 7.86. The Bertz CT molecular complexity index is 822. The van der Waals surface area contributed by atoms with Gasteiger partial charge in [0.2, 0.25) is 10.0 Å². The molecule has 5 nitrogen and oxygen atoms in total. The van der Waals surface area contributed by atoms with Gasteiger partial charge in [0.1, 0.15) is 13.2 Å². The predicted octanol–water partition coefficient (Wildman–Crippen LogP) is 3.36. The molecular formula is C16H15Cl2NO4S. The molecule has 0 fully saturated rings. The first kappa shape index (κ1) is 18.7. The van der Waals surface area contributed by atoms with Gasteiger partial charge in [-0.25, -0.2) is 8.42 Å². The zero-order valence-electron chi connectivity index (χ0n) is 12.8. The van der Waals surface area contributed by atoms with Crippen molar-refractivity contribution >= 4 is 39.2 Å². The first-order chi connectivity index (χ1) is 11.3. The summed E-state index contributed by atoms with van der Waals surface area (Å²) in [6, 6.07) is 12.6. The Morgan fingerprint density at radius 3 is 2.33 bits per heavy atom. The van der Waals surface area contributed by atoms with Gasteiger partial charge >= 0.3 is 5.97 Å². The minimum absolute atomic E-state index is 0.0205. The number of esters is 1. The van der Waals surface area contributed by atoms with Gasteiger partial charge in [0, 0.05) is 22.7 Å². The van der Waals surface area contributed by atoms with Gasteiger partial charge < -0.3 is 4.74 Å². The molecule has 2 aromatic carbocycles. The van der Waals surface area contributed by atoms with Gasteiger partial charge in [0.05, 0.1) is 4.90 Å². The van der Waals surface area contributed by atoms with Crippen LogP contribution < -0.4 is 0 Å². The molecule has 0 aliphatic heterocycles. The second kappa shape index (κ2) is 7.98. The van der Waals surface area contributed by atoms with Gasteiger partial charge in [-0.2, -0.15) is 4.31 Å². The number of likely N-dealkylation sites (N-methyl/N-ethyl adjacent to an activating group) is 1. The average molecular weight is 388 g/mol. The molecule has 0 aliphatic carbocycles. The Morgan fingerprint density at radius 2 is 1.71 bits per heavy atom. The number of sulfonamides is 1. The summed E-state index contributed by atoms with van der Waals surface area (Å²) < 4.78 is 30.7. The van der Waals surface area contributed by atoms with E-state index in [9.17, 15) is 13.2 Å². The number of hydrogen-bond acceptors (Lipinski definition) is 4. The van der Waals surface area contributed by atoms with E-state index in [0.717, 1.165) is 4.31 Å². The summed E-state index contributed by atoms with van der Waals surface area (Å²) >= 11 is 11.7. The smallest absolute Gasteiger partial charge is 0.321 e. The third-order valence-corrected chi connectivity index (χ3v) is 5.66. The summed E-state index contributed by atoms with van der Waals surface area (Å²) in [7, 11) is -2.49. The molecule has 0 aromatic heterocycles. The zero-order valence-corrected chi connectivity index (χ0v) is 15.1. The number of carbonyl (C=O) groups is 1. The van der Waals surface area contributed by atoms with Gasteiger partial charge in [-0.3, -0.25) is 4.79 Å². The highest BCUT2D eigenvalue weighted by atomic mass is 35.5. The van der Waals surface area contributed by atoms with Crippen molar-refractivity contribution in [2.75, 3.05) is 13.6 Å². The molecule has 0 heterocycles. The van der Waals surface area contributed by atoms with E-state index in [-0.39, 0.29) is 11.5 Å². The summed E-state index contributed by atoms with van der Waals surface area (Å²) in [4.78, 5) is 11.9. The highest BCUT2D eigenvalue weighted by Crippen LogP contribution is 2.18. The molecule has 0 unspecified atom stereocenters. The van der Waals surface area contributed by atoms with E-state index in [1.165, 1.54) is 31.3 Å². The summed E-state index contributed by atoms with van der Waals surface area (Å²) in [5.41, 5.74) is 0.649. The van der Waals surface area contributed by atoms with E-state index < -0.39 is 22.5 Å². The maximum Gasteiger partial charge on any atom is 0.321 e. The lowest BCUT2D eigenvalue weighted by Crippen LogP contribution is -2.33. The van der Waals surface area contributed by atoms with Crippen LogP contribution in [0.2, 0.25) is 10.0 Å². The minimum Gasteiger partial charge on any atom is -0.460 e. The highest BCUT2D eigenvalue weighted by molar-refractivity contribution is 7.89. The number of hydrogen-bond donors (Lipinski definition) is 0. The van der Waals surface area contributed by atoms with Crippen LogP contribution in [0.5, 0.6) is 0 Å². The lowest BCUT2D eigenvalue weighted by Gasteiger charge is -2.16. The summed E-state index contributed by atoms with van der Waals surface area (Å²) in [6.07, 6.45) is 0. The van der Waals surface area contributed by atoms with Crippen molar-refractivity contribution in [3.05, 3.63) is 64.1 Å². The summed E-state index contributed by atoms with van der Waals surface area (Å²) in [5.74, 6) is -0.671. The van der Waals surface area contributed by atoms with Gasteiger partial charge in [-0.05, 0) is 30.3 Å². The maximum absolute atomic E-state index is 12.4. The van der Waals surface area contributed by atoms with Crippen LogP contribution in [-0.2, 0) is 26.2 Å². The van der Waals surface area contributed by atoms with Crippen LogP contribution in [0.1, 0.15) is 5.56 Å². The summed E-state index contributed by atoms with van der Waals surface area (Å²) in [5, 5.41) is 0.906. The van der Waals surface area contributed by atoms with Crippen LogP contribution in [0.15, 0.2) is 53.4 Å². The van der Waals surface area contributed by atoms with Crippen LogP contribution in [0.3, 0.4) is 0 Å². The molecule has 0 atom stereocenters. The van der Waals surface area contributed by atoms with Crippen molar-refractivity contribution in [3.8, 4) is 0 Å². The van der Waals surface area contributed by atoms with E-state index in [4.69, 9.17) is 27.9 Å². The molecular weight excluding hydrogens is 373 g/mol. The van der Waals surface area contributed by atoms with Crippen LogP contribution >= 0.6 is 23.2 Å². The number of halogens is 2. The second-order valence-electron chi connectivity index (χ2n) is 4.97. The quantitative estimate of drug-likeness (QED) is 0.712. The van der Waals surface area contributed by atoms with Crippen molar-refractivity contribution in [2.45, 2.75) is 11.5 Å². The maximum atomic E-state index is 12.4. The molecule has 0 spiro atoms. The third-order valence-electron chi connectivity index (χ3n) is 3.22. The fraction of sp³-hybridized carbons (Fsp3) is 0.188. The Morgan fingerprint density at radius 1 is 1.08 bits per heavy atom. The Kier molecular flexibility index (Phi) is 6.23. The normalized spacial score (nSPS) is 11.5. The standard InChI is InChI=1S/C16H15Cl2NO4S/c1-19(24(21,22)14-8-6-13(17)7-9-14)10-16(20)23-11-12-4-2-3-5-15(12)18/h2-9H,10-11H2,1H3. The number of benzene rings is 2. The van der Waals surface area contributed by atoms with Crippen LogP contribution in [-0.4, -0.2) is 32.3 Å². The lowest BCUT2D eigenvalue weighted by atomic mass is 10.2. The molecule has 8 heteroatoms. The highest BCUT2D eigenvalue weighted by Gasteiger charge is 2.23. The van der Waals surface area contributed by atoms with Gasteiger partial charge in [0.25, 0.3) is 0 Å². The molecule has 0 saturated heterocycles. The molecule has 0 N–H and O–H groups in total. The zero-order chi connectivity index (χ0) is 17.7. The fourth-order valence-electron chi connectivity index (χ4n) is 1.87. The van der Waals surface area contributed by atoms with Crippen molar-refractivity contribution in [1.82, 2.24) is 4.31 Å². The van der Waals surface area contributed by atoms with Crippen molar-refractivity contribution in [3.63, 3.8) is 0 Å². The molecule has 0 saturated carbocycles. The van der Waals surface area contributed by atoms with Crippen LogP contribution in [0.25, 0.3) is 0 Å². The van der Waals surface area contributed by atoms with Crippen molar-refractivity contribution in [2.24, 2.45) is 0 Å². The van der Waals surface area contributed by atoms with Gasteiger partial charge in [-0.15, -0.1) is 0 Å². The first-order valence-corrected chi connectivity index (χ1v) is 9.11. The minimum atomic E-state index is -3.79. The van der Waals surface area contributed by atoms with Crippen molar-refractivity contribution < 1.29 is 17.9 Å². The number of nitrogens with zero attached hydrogens (tertiary/aromatic N) is 1. The van der Waals surface area contributed by atoms with E-state index in [1.807, 2.05) is 0 Å². The number of ether oxygens (including phenoxy) is 1. The Balaban J connectivity index is 1.98. The fourth-order valence-corrected chi connectivity index (χ4v) is 3.30. The Hall–Kier alpha value is -1.60. The van der Waals surface area contributed by atoms with E-state index in [2.05, 4.69) is 0 Å². The van der Waals surface area contributed by atoms with Crippen LogP contribution in [0.4, 0.5) is 0 Å². The first-order valence-electron chi connectivity index (χ1n) is 6.91. The molecule has 0 amide bonds. The topological polar surface area (TPSA) is 63.7 Å². The van der Waals surface area contributed by atoms with Gasteiger partial charge in [-0.1, -0.05) is 41.4 Å². The molecule has 2 rings (SSSR count). The van der Waals surface area contributed by atoms with Gasteiger partial charge in [0.15, 0.2) is 0 Å². The average Bonchev–Trinajstić information content (AvgIpc) is 2.54. The molecule has 0 radical (unpaired) electrons. The van der Waals surface area contributed by atoms with E-state index >= 15 is 0 Å². The van der Waals surface area contributed by atoms with E-state index in [1.54, 1.807) is 24.3 Å². The number of rotatable bonds is 6. The molecule has 24 heavy (non-hydrogen) atoms. The van der Waals surface area contributed by atoms with E-state index in [0.29, 0.717) is 15.6 Å². The molecule has 128 valence electrons. The van der Waals surface area contributed by atoms with Crippen molar-refractivity contribution in [1.29, 1.82) is 0 Å². The third kappa shape index (κ3) is 4.70.